The number of benzene rings is 1. The minimum Gasteiger partial charge on any atom is -0.508 e. The van der Waals surface area contributed by atoms with Crippen LogP contribution < -0.4 is 0 Å². The van der Waals surface area contributed by atoms with Gasteiger partial charge in [-0.1, -0.05) is 19.1 Å². The topological polar surface area (TPSA) is 57.6 Å². The Bertz CT molecular complexity index is 507. The van der Waals surface area contributed by atoms with Gasteiger partial charge in [-0.2, -0.15) is 0 Å². The smallest absolute Gasteiger partial charge is 0.293 e. The van der Waals surface area contributed by atoms with Crippen LogP contribution in [0.4, 0.5) is 4.79 Å². The van der Waals surface area contributed by atoms with E-state index in [1.165, 1.54) is 4.90 Å². The van der Waals surface area contributed by atoms with Gasteiger partial charge in [0, 0.05) is 6.54 Å². The molecule has 1 saturated heterocycles. The zero-order valence-corrected chi connectivity index (χ0v) is 10.7. The molecule has 1 aliphatic heterocycles. The Labute approximate surface area is 109 Å². The molecule has 1 N–H and O–H groups in total. The van der Waals surface area contributed by atoms with Crippen molar-refractivity contribution in [1.29, 1.82) is 0 Å². The van der Waals surface area contributed by atoms with Gasteiger partial charge < -0.3 is 5.11 Å². The molecule has 2 rings (SSSR count). The van der Waals surface area contributed by atoms with E-state index in [4.69, 9.17) is 5.11 Å². The van der Waals surface area contributed by atoms with Gasteiger partial charge in [0.1, 0.15) is 5.75 Å². The second-order valence-corrected chi connectivity index (χ2v) is 4.92. The van der Waals surface area contributed by atoms with Crippen molar-refractivity contribution in [3.05, 3.63) is 34.7 Å². The summed E-state index contributed by atoms with van der Waals surface area (Å²) < 4.78 is 0. The van der Waals surface area contributed by atoms with Crippen molar-refractivity contribution in [3.8, 4) is 5.75 Å². The molecule has 0 atom stereocenters. The van der Waals surface area contributed by atoms with Crippen LogP contribution in [0.15, 0.2) is 29.2 Å². The van der Waals surface area contributed by atoms with Crippen LogP contribution in [0.25, 0.3) is 6.08 Å². The molecule has 0 saturated carbocycles. The van der Waals surface area contributed by atoms with Crippen LogP contribution in [0.3, 0.4) is 0 Å². The summed E-state index contributed by atoms with van der Waals surface area (Å²) in [6.07, 6.45) is 2.42. The van der Waals surface area contributed by atoms with E-state index >= 15 is 0 Å². The van der Waals surface area contributed by atoms with Crippen LogP contribution in [0.2, 0.25) is 0 Å². The van der Waals surface area contributed by atoms with Gasteiger partial charge in [0.25, 0.3) is 11.1 Å². The van der Waals surface area contributed by atoms with Crippen LogP contribution in [0.5, 0.6) is 5.75 Å². The predicted molar refractivity (Wildman–Crippen MR) is 71.1 cm³/mol. The summed E-state index contributed by atoms with van der Waals surface area (Å²) in [4.78, 5) is 25.3. The van der Waals surface area contributed by atoms with Gasteiger partial charge >= 0.3 is 0 Å². The summed E-state index contributed by atoms with van der Waals surface area (Å²) in [5.74, 6) is -0.0637. The molecule has 4 nitrogen and oxygen atoms in total. The minimum atomic E-state index is -0.236. The van der Waals surface area contributed by atoms with Crippen LogP contribution >= 0.6 is 11.8 Å². The first-order valence-corrected chi connectivity index (χ1v) is 6.48. The Morgan fingerprint density at radius 1 is 1.28 bits per heavy atom. The number of phenolic OH excluding ortho intramolecular Hbond substituents is 1. The molecule has 18 heavy (non-hydrogen) atoms. The van der Waals surface area contributed by atoms with Crippen molar-refractivity contribution in [3.63, 3.8) is 0 Å². The molecule has 0 aromatic heterocycles. The van der Waals surface area contributed by atoms with E-state index in [0.29, 0.717) is 11.4 Å². The number of carbonyl (C=O) groups excluding carboxylic acids is 2. The lowest BCUT2D eigenvalue weighted by Gasteiger charge is -2.09. The number of imide groups is 1. The second kappa shape index (κ2) is 5.27. The average Bonchev–Trinajstić information content (AvgIpc) is 2.60. The molecule has 0 spiro atoms. The van der Waals surface area contributed by atoms with Gasteiger partial charge in [0.05, 0.1) is 4.91 Å². The third-order valence-electron chi connectivity index (χ3n) is 2.51. The fourth-order valence-electron chi connectivity index (χ4n) is 1.64. The van der Waals surface area contributed by atoms with Crippen LogP contribution in [-0.4, -0.2) is 27.7 Å². The highest BCUT2D eigenvalue weighted by atomic mass is 32.2. The number of amides is 2. The Morgan fingerprint density at radius 2 is 1.94 bits per heavy atom. The number of aromatic hydroxyl groups is 1. The standard InChI is InChI=1S/C13H13NO3S/c1-2-7-14-12(16)11(18-13(14)17)8-9-3-5-10(15)6-4-9/h3-6,8,15H,2,7H2,1H3/b11-8-. The number of phenols is 1. The molecular formula is C13H13NO3S. The van der Waals surface area contributed by atoms with Gasteiger partial charge in [0.2, 0.25) is 0 Å². The summed E-state index contributed by atoms with van der Waals surface area (Å²) >= 11 is 0.957. The summed E-state index contributed by atoms with van der Waals surface area (Å²) in [5, 5.41) is 8.95. The number of rotatable bonds is 3. The Morgan fingerprint density at radius 3 is 2.56 bits per heavy atom. The lowest BCUT2D eigenvalue weighted by molar-refractivity contribution is -0.122. The van der Waals surface area contributed by atoms with Crippen LogP contribution in [0.1, 0.15) is 18.9 Å². The minimum absolute atomic E-state index is 0.172. The highest BCUT2D eigenvalue weighted by Crippen LogP contribution is 2.32. The zero-order valence-electron chi connectivity index (χ0n) is 9.92. The van der Waals surface area contributed by atoms with Gasteiger partial charge in [-0.05, 0) is 42.0 Å². The Kier molecular flexibility index (Phi) is 3.72. The Hall–Kier alpha value is -1.75. The molecule has 0 radical (unpaired) electrons. The lowest BCUT2D eigenvalue weighted by Crippen LogP contribution is -2.28. The third-order valence-corrected chi connectivity index (χ3v) is 3.42. The van der Waals surface area contributed by atoms with E-state index in [1.807, 2.05) is 6.92 Å². The first kappa shape index (κ1) is 12.7. The van der Waals surface area contributed by atoms with Crippen molar-refractivity contribution < 1.29 is 14.7 Å². The fraction of sp³-hybridized carbons (Fsp3) is 0.231. The molecule has 1 aromatic rings. The van der Waals surface area contributed by atoms with Crippen molar-refractivity contribution in [2.45, 2.75) is 13.3 Å². The summed E-state index contributed by atoms with van der Waals surface area (Å²) in [7, 11) is 0. The molecule has 1 fully saturated rings. The zero-order chi connectivity index (χ0) is 13.1. The Balaban J connectivity index is 2.22. The monoisotopic (exact) mass is 263 g/mol. The summed E-state index contributed by atoms with van der Waals surface area (Å²) in [5.41, 5.74) is 0.787. The largest absolute Gasteiger partial charge is 0.508 e. The van der Waals surface area contributed by atoms with Crippen LogP contribution in [0, 0.1) is 0 Å². The first-order valence-electron chi connectivity index (χ1n) is 5.66. The molecule has 0 bridgehead atoms. The molecule has 1 heterocycles. The molecule has 1 aromatic carbocycles. The summed E-state index contributed by atoms with van der Waals surface area (Å²) in [6.45, 7) is 2.38. The maximum absolute atomic E-state index is 11.9. The highest BCUT2D eigenvalue weighted by molar-refractivity contribution is 8.18. The quantitative estimate of drug-likeness (QED) is 0.852. The summed E-state index contributed by atoms with van der Waals surface area (Å²) in [6, 6.07) is 6.48. The van der Waals surface area contributed by atoms with Crippen molar-refractivity contribution in [2.75, 3.05) is 6.54 Å². The van der Waals surface area contributed by atoms with Gasteiger partial charge in [-0.25, -0.2) is 0 Å². The third kappa shape index (κ3) is 2.56. The average molecular weight is 263 g/mol. The lowest BCUT2D eigenvalue weighted by atomic mass is 10.2. The van der Waals surface area contributed by atoms with Crippen LogP contribution in [-0.2, 0) is 4.79 Å². The van der Waals surface area contributed by atoms with E-state index in [2.05, 4.69) is 0 Å². The molecular weight excluding hydrogens is 250 g/mol. The van der Waals surface area contributed by atoms with Gasteiger partial charge in [-0.15, -0.1) is 0 Å². The number of thioether (sulfide) groups is 1. The number of nitrogens with zero attached hydrogens (tertiary/aromatic N) is 1. The van der Waals surface area contributed by atoms with Gasteiger partial charge in [-0.3, -0.25) is 14.5 Å². The first-order chi connectivity index (χ1) is 8.61. The van der Waals surface area contributed by atoms with E-state index in [-0.39, 0.29) is 16.9 Å². The molecule has 1 aliphatic rings. The van der Waals surface area contributed by atoms with Crippen molar-refractivity contribution in [2.24, 2.45) is 0 Å². The van der Waals surface area contributed by atoms with E-state index < -0.39 is 0 Å². The molecule has 0 unspecified atom stereocenters. The van der Waals surface area contributed by atoms with Gasteiger partial charge in [0.15, 0.2) is 0 Å². The number of hydrogen-bond acceptors (Lipinski definition) is 4. The molecule has 2 amide bonds. The van der Waals surface area contributed by atoms with E-state index in [9.17, 15) is 9.59 Å². The van der Waals surface area contributed by atoms with E-state index in [1.54, 1.807) is 30.3 Å². The van der Waals surface area contributed by atoms with Crippen molar-refractivity contribution >= 4 is 29.0 Å². The number of hydrogen-bond donors (Lipinski definition) is 1. The van der Waals surface area contributed by atoms with E-state index in [0.717, 1.165) is 23.7 Å². The highest BCUT2D eigenvalue weighted by Gasteiger charge is 2.34. The molecule has 0 aliphatic carbocycles. The fourth-order valence-corrected chi connectivity index (χ4v) is 2.50. The maximum atomic E-state index is 11.9. The normalized spacial score (nSPS) is 17.8. The molecule has 94 valence electrons. The maximum Gasteiger partial charge on any atom is 0.293 e. The van der Waals surface area contributed by atoms with Crippen molar-refractivity contribution in [1.82, 2.24) is 4.90 Å². The number of carbonyl (C=O) groups is 2. The molecule has 5 heteroatoms. The second-order valence-electron chi connectivity index (χ2n) is 3.92. The SMILES string of the molecule is CCCN1C(=O)S/C(=C\c2ccc(O)cc2)C1=O. The predicted octanol–water partition coefficient (Wildman–Crippen LogP) is 2.84.